The van der Waals surface area contributed by atoms with Gasteiger partial charge in [-0.05, 0) is 30.5 Å². The molecule has 1 aromatic carbocycles. The van der Waals surface area contributed by atoms with Gasteiger partial charge < -0.3 is 10.2 Å². The van der Waals surface area contributed by atoms with Crippen LogP contribution in [0.1, 0.15) is 119 Å². The van der Waals surface area contributed by atoms with E-state index in [0.717, 1.165) is 18.4 Å². The van der Waals surface area contributed by atoms with Crippen LogP contribution in [-0.4, -0.2) is 16.2 Å². The van der Waals surface area contributed by atoms with E-state index in [1.54, 1.807) is 6.07 Å². The van der Waals surface area contributed by atoms with Crippen molar-refractivity contribution >= 4 is 5.97 Å². The molecule has 0 amide bonds. The van der Waals surface area contributed by atoms with Gasteiger partial charge in [-0.15, -0.1) is 0 Å². The molecule has 0 bridgehead atoms. The Morgan fingerprint density at radius 2 is 1.19 bits per heavy atom. The van der Waals surface area contributed by atoms with E-state index in [2.05, 4.69) is 6.92 Å². The van der Waals surface area contributed by atoms with Crippen molar-refractivity contribution in [3.05, 3.63) is 29.3 Å². The maximum absolute atomic E-state index is 10.9. The molecule has 0 aliphatic carbocycles. The zero-order valence-electron chi connectivity index (χ0n) is 17.3. The summed E-state index contributed by atoms with van der Waals surface area (Å²) < 4.78 is 0. The number of unbranched alkanes of at least 4 members (excludes halogenated alkanes) is 14. The fraction of sp³-hybridized carbons (Fsp3) is 0.708. The highest BCUT2D eigenvalue weighted by atomic mass is 16.4. The van der Waals surface area contributed by atoms with Crippen LogP contribution in [0.3, 0.4) is 0 Å². The van der Waals surface area contributed by atoms with Crippen LogP contribution in [0.15, 0.2) is 18.2 Å². The zero-order chi connectivity index (χ0) is 19.7. The van der Waals surface area contributed by atoms with Crippen LogP contribution < -0.4 is 0 Å². The minimum absolute atomic E-state index is 0.0183. The van der Waals surface area contributed by atoms with Gasteiger partial charge in [-0.1, -0.05) is 103 Å². The van der Waals surface area contributed by atoms with Crippen LogP contribution in [0.2, 0.25) is 0 Å². The Balaban J connectivity index is 1.89. The normalized spacial score (nSPS) is 11.0. The van der Waals surface area contributed by atoms with E-state index in [-0.39, 0.29) is 11.3 Å². The Hall–Kier alpha value is -1.51. The monoisotopic (exact) mass is 376 g/mol. The second-order valence-corrected chi connectivity index (χ2v) is 7.86. The quantitative estimate of drug-likeness (QED) is 0.277. The summed E-state index contributed by atoms with van der Waals surface area (Å²) in [5.41, 5.74) is 1.00. The van der Waals surface area contributed by atoms with Gasteiger partial charge in [0.1, 0.15) is 11.3 Å². The third-order valence-electron chi connectivity index (χ3n) is 5.36. The Kier molecular flexibility index (Phi) is 13.5. The molecule has 0 unspecified atom stereocenters. The number of benzene rings is 1. The van der Waals surface area contributed by atoms with Crippen LogP contribution >= 0.6 is 0 Å². The van der Waals surface area contributed by atoms with Gasteiger partial charge in [0, 0.05) is 0 Å². The summed E-state index contributed by atoms with van der Waals surface area (Å²) in [5.74, 6) is -1.20. The molecule has 2 N–H and O–H groups in total. The Bertz CT molecular complexity index is 510. The highest BCUT2D eigenvalue weighted by molar-refractivity contribution is 5.90. The van der Waals surface area contributed by atoms with Crippen molar-refractivity contribution in [2.24, 2.45) is 0 Å². The van der Waals surface area contributed by atoms with Crippen LogP contribution in [0.25, 0.3) is 0 Å². The minimum atomic E-state index is -1.08. The number of aromatic carboxylic acids is 1. The molecule has 0 spiro atoms. The SMILES string of the molecule is CCCCCCCCCCCCCCCCCc1ccc(C(=O)O)c(O)c1. The molecule has 0 saturated heterocycles. The number of rotatable bonds is 17. The number of carboxylic acid groups (broad SMARTS) is 1. The molecule has 27 heavy (non-hydrogen) atoms. The van der Waals surface area contributed by atoms with Crippen LogP contribution in [0.4, 0.5) is 0 Å². The van der Waals surface area contributed by atoms with Crippen LogP contribution in [-0.2, 0) is 6.42 Å². The first-order chi connectivity index (χ1) is 13.1. The Labute approximate surface area is 166 Å². The van der Waals surface area contributed by atoms with E-state index >= 15 is 0 Å². The number of carbonyl (C=O) groups is 1. The van der Waals surface area contributed by atoms with E-state index in [1.165, 1.54) is 96.0 Å². The first kappa shape index (κ1) is 23.5. The fourth-order valence-corrected chi connectivity index (χ4v) is 3.61. The third kappa shape index (κ3) is 11.7. The third-order valence-corrected chi connectivity index (χ3v) is 5.36. The summed E-state index contributed by atoms with van der Waals surface area (Å²) >= 11 is 0. The molecular weight excluding hydrogens is 336 g/mol. The van der Waals surface area contributed by atoms with Gasteiger partial charge in [-0.2, -0.15) is 0 Å². The van der Waals surface area contributed by atoms with Gasteiger partial charge in [-0.25, -0.2) is 4.79 Å². The van der Waals surface area contributed by atoms with Gasteiger partial charge in [0.15, 0.2) is 0 Å². The topological polar surface area (TPSA) is 57.5 Å². The first-order valence-corrected chi connectivity index (χ1v) is 11.2. The smallest absolute Gasteiger partial charge is 0.339 e. The predicted octanol–water partition coefficient (Wildman–Crippen LogP) is 7.50. The standard InChI is InChI=1S/C24H40O3/c1-2-3-4-5-6-7-8-9-10-11-12-13-14-15-16-17-21-18-19-22(24(26)27)23(25)20-21/h18-20,25H,2-17H2,1H3,(H,26,27). The number of hydrogen-bond acceptors (Lipinski definition) is 2. The molecule has 0 atom stereocenters. The highest BCUT2D eigenvalue weighted by Gasteiger charge is 2.09. The van der Waals surface area contributed by atoms with Gasteiger partial charge >= 0.3 is 5.97 Å². The number of aromatic hydroxyl groups is 1. The lowest BCUT2D eigenvalue weighted by molar-refractivity contribution is 0.0693. The van der Waals surface area contributed by atoms with E-state index in [4.69, 9.17) is 5.11 Å². The van der Waals surface area contributed by atoms with Crippen LogP contribution in [0.5, 0.6) is 5.75 Å². The van der Waals surface area contributed by atoms with Crippen molar-refractivity contribution in [2.45, 2.75) is 110 Å². The molecule has 0 saturated carbocycles. The summed E-state index contributed by atoms with van der Waals surface area (Å²) in [6.07, 6.45) is 21.2. The van der Waals surface area contributed by atoms with Crippen molar-refractivity contribution in [1.29, 1.82) is 0 Å². The van der Waals surface area contributed by atoms with Gasteiger partial charge in [0.2, 0.25) is 0 Å². The maximum atomic E-state index is 10.9. The minimum Gasteiger partial charge on any atom is -0.507 e. The van der Waals surface area contributed by atoms with Crippen molar-refractivity contribution in [1.82, 2.24) is 0 Å². The van der Waals surface area contributed by atoms with Crippen LogP contribution in [0, 0.1) is 0 Å². The summed E-state index contributed by atoms with van der Waals surface area (Å²) in [6.45, 7) is 2.27. The van der Waals surface area contributed by atoms with Crippen molar-refractivity contribution in [2.75, 3.05) is 0 Å². The molecule has 1 rings (SSSR count). The average Bonchev–Trinajstić information content (AvgIpc) is 2.64. The number of phenols is 1. The van der Waals surface area contributed by atoms with Crippen molar-refractivity contribution < 1.29 is 15.0 Å². The summed E-state index contributed by atoms with van der Waals surface area (Å²) in [5, 5.41) is 18.6. The second-order valence-electron chi connectivity index (χ2n) is 7.86. The molecule has 0 radical (unpaired) electrons. The lowest BCUT2D eigenvalue weighted by atomic mass is 10.0. The molecule has 0 fully saturated rings. The summed E-state index contributed by atoms with van der Waals surface area (Å²) in [7, 11) is 0. The van der Waals surface area contributed by atoms with E-state index in [1.807, 2.05) is 6.07 Å². The fourth-order valence-electron chi connectivity index (χ4n) is 3.61. The molecular formula is C24H40O3. The number of hydrogen-bond donors (Lipinski definition) is 2. The zero-order valence-corrected chi connectivity index (χ0v) is 17.3. The number of aryl methyl sites for hydroxylation is 1. The average molecular weight is 377 g/mol. The Morgan fingerprint density at radius 3 is 1.59 bits per heavy atom. The van der Waals surface area contributed by atoms with Crippen molar-refractivity contribution in [3.63, 3.8) is 0 Å². The number of carboxylic acids is 1. The molecule has 154 valence electrons. The largest absolute Gasteiger partial charge is 0.507 e. The summed E-state index contributed by atoms with van der Waals surface area (Å²) in [4.78, 5) is 10.9. The van der Waals surface area contributed by atoms with E-state index in [9.17, 15) is 9.90 Å². The lowest BCUT2D eigenvalue weighted by Gasteiger charge is -2.05. The first-order valence-electron chi connectivity index (χ1n) is 11.2. The molecule has 0 aliphatic rings. The van der Waals surface area contributed by atoms with Gasteiger partial charge in [-0.3, -0.25) is 0 Å². The van der Waals surface area contributed by atoms with Crippen molar-refractivity contribution in [3.8, 4) is 5.75 Å². The Morgan fingerprint density at radius 1 is 0.741 bits per heavy atom. The van der Waals surface area contributed by atoms with E-state index in [0.29, 0.717) is 0 Å². The summed E-state index contributed by atoms with van der Waals surface area (Å²) in [6, 6.07) is 4.90. The van der Waals surface area contributed by atoms with Gasteiger partial charge in [0.25, 0.3) is 0 Å². The lowest BCUT2D eigenvalue weighted by Crippen LogP contribution is -1.97. The molecule has 0 aliphatic heterocycles. The molecule has 3 nitrogen and oxygen atoms in total. The second kappa shape index (κ2) is 15.5. The molecule has 1 aromatic rings. The van der Waals surface area contributed by atoms with E-state index < -0.39 is 5.97 Å². The van der Waals surface area contributed by atoms with Gasteiger partial charge in [0.05, 0.1) is 0 Å². The highest BCUT2D eigenvalue weighted by Crippen LogP contribution is 2.20. The predicted molar refractivity (Wildman–Crippen MR) is 114 cm³/mol. The molecule has 0 aromatic heterocycles. The molecule has 0 heterocycles. The molecule has 3 heteroatoms. The maximum Gasteiger partial charge on any atom is 0.339 e.